The molecule has 4 N–H and O–H groups in total. The van der Waals surface area contributed by atoms with Gasteiger partial charge in [0.1, 0.15) is 5.84 Å². The number of nitrogens with zero attached hydrogens (tertiary/aromatic N) is 1. The predicted molar refractivity (Wildman–Crippen MR) is 71.6 cm³/mol. The van der Waals surface area contributed by atoms with Crippen molar-refractivity contribution in [2.45, 2.75) is 26.7 Å². The smallest absolute Gasteiger partial charge is 0.143 e. The van der Waals surface area contributed by atoms with Gasteiger partial charge < -0.3 is 16.3 Å². The Balaban J connectivity index is 2.60. The number of hydrogen-bond donors (Lipinski definition) is 3. The lowest BCUT2D eigenvalue weighted by Gasteiger charge is -2.13. The fraction of sp³-hybridized carbons (Fsp3) is 0.462. The summed E-state index contributed by atoms with van der Waals surface area (Å²) in [5.41, 5.74) is 7.88. The van der Waals surface area contributed by atoms with Crippen LogP contribution in [0.25, 0.3) is 0 Å². The van der Waals surface area contributed by atoms with Crippen LogP contribution in [0.3, 0.4) is 0 Å². The molecule has 0 radical (unpaired) electrons. The molecule has 0 aromatic heterocycles. The van der Waals surface area contributed by atoms with Gasteiger partial charge in [-0.3, -0.25) is 0 Å². The Morgan fingerprint density at radius 3 is 2.71 bits per heavy atom. The molecule has 0 heterocycles. The number of oxime groups is 1. The van der Waals surface area contributed by atoms with Gasteiger partial charge in [-0.1, -0.05) is 38.1 Å². The van der Waals surface area contributed by atoms with Gasteiger partial charge >= 0.3 is 0 Å². The van der Waals surface area contributed by atoms with E-state index in [1.807, 2.05) is 19.1 Å². The molecule has 1 atom stereocenters. The molecule has 0 spiro atoms. The summed E-state index contributed by atoms with van der Waals surface area (Å²) in [5.74, 6) is 0.762. The van der Waals surface area contributed by atoms with E-state index in [4.69, 9.17) is 10.9 Å². The molecule has 94 valence electrons. The monoisotopic (exact) mass is 235 g/mol. The molecule has 4 nitrogen and oxygen atoms in total. The number of nitrogens with two attached hydrogens (primary N) is 1. The van der Waals surface area contributed by atoms with Crippen molar-refractivity contribution in [3.8, 4) is 0 Å². The van der Waals surface area contributed by atoms with Gasteiger partial charge in [-0.15, -0.1) is 0 Å². The van der Waals surface area contributed by atoms with Gasteiger partial charge in [-0.2, -0.15) is 0 Å². The van der Waals surface area contributed by atoms with Crippen LogP contribution in [-0.2, 0) is 0 Å². The van der Waals surface area contributed by atoms with E-state index in [0.717, 1.165) is 5.69 Å². The molecular formula is C13H21N3O. The topological polar surface area (TPSA) is 70.6 Å². The van der Waals surface area contributed by atoms with Crippen molar-refractivity contribution in [1.82, 2.24) is 0 Å². The van der Waals surface area contributed by atoms with Crippen molar-refractivity contribution in [2.24, 2.45) is 16.8 Å². The third-order valence-electron chi connectivity index (χ3n) is 2.79. The zero-order valence-corrected chi connectivity index (χ0v) is 10.6. The van der Waals surface area contributed by atoms with E-state index in [9.17, 15) is 0 Å². The second-order valence-corrected chi connectivity index (χ2v) is 4.59. The van der Waals surface area contributed by atoms with Gasteiger partial charge in [0.05, 0.1) is 0 Å². The predicted octanol–water partition coefficient (Wildman–Crippen LogP) is 2.60. The average molecular weight is 235 g/mol. The van der Waals surface area contributed by atoms with Crippen LogP contribution in [0.15, 0.2) is 29.4 Å². The van der Waals surface area contributed by atoms with Crippen LogP contribution in [0, 0.1) is 5.92 Å². The van der Waals surface area contributed by atoms with E-state index in [0.29, 0.717) is 12.5 Å². The highest BCUT2D eigenvalue weighted by molar-refractivity contribution is 5.82. The quantitative estimate of drug-likeness (QED) is 0.318. The first-order valence-electron chi connectivity index (χ1n) is 5.85. The first-order valence-corrected chi connectivity index (χ1v) is 5.85. The number of anilines is 1. The normalized spacial score (nSPS) is 13.8. The third kappa shape index (κ3) is 3.98. The minimum atomic E-state index is 0.00251. The molecule has 1 aromatic rings. The van der Waals surface area contributed by atoms with E-state index < -0.39 is 0 Å². The molecule has 0 aliphatic carbocycles. The van der Waals surface area contributed by atoms with Crippen molar-refractivity contribution < 1.29 is 5.21 Å². The van der Waals surface area contributed by atoms with Crippen LogP contribution in [-0.4, -0.2) is 17.6 Å². The largest absolute Gasteiger partial charge is 0.409 e. The fourth-order valence-corrected chi connectivity index (χ4v) is 1.48. The van der Waals surface area contributed by atoms with Crippen molar-refractivity contribution in [3.63, 3.8) is 0 Å². The highest BCUT2D eigenvalue weighted by Crippen LogP contribution is 2.18. The lowest BCUT2D eigenvalue weighted by atomic mass is 10.0. The van der Waals surface area contributed by atoms with E-state index in [1.54, 1.807) is 0 Å². The van der Waals surface area contributed by atoms with Gasteiger partial charge in [0.2, 0.25) is 0 Å². The molecule has 1 aromatic carbocycles. The van der Waals surface area contributed by atoms with Crippen LogP contribution in [0.1, 0.15) is 32.3 Å². The van der Waals surface area contributed by atoms with E-state index in [-0.39, 0.29) is 11.8 Å². The summed E-state index contributed by atoms with van der Waals surface area (Å²) in [6.45, 7) is 6.89. The number of hydrogen-bond acceptors (Lipinski definition) is 3. The van der Waals surface area contributed by atoms with Crippen LogP contribution < -0.4 is 11.1 Å². The Morgan fingerprint density at radius 1 is 1.41 bits per heavy atom. The lowest BCUT2D eigenvalue weighted by Crippen LogP contribution is -2.27. The number of benzene rings is 1. The second-order valence-electron chi connectivity index (χ2n) is 4.59. The Bertz CT molecular complexity index is 388. The maximum atomic E-state index is 8.55. The summed E-state index contributed by atoms with van der Waals surface area (Å²) in [6.07, 6.45) is 0. The molecule has 0 saturated carbocycles. The highest BCUT2D eigenvalue weighted by atomic mass is 16.4. The molecule has 0 fully saturated rings. The van der Waals surface area contributed by atoms with Crippen LogP contribution >= 0.6 is 0 Å². The van der Waals surface area contributed by atoms with Gasteiger partial charge in [-0.25, -0.2) is 0 Å². The minimum absolute atomic E-state index is 0.00251. The summed E-state index contributed by atoms with van der Waals surface area (Å²) in [7, 11) is 0. The Kier molecular flexibility index (Phi) is 4.82. The summed E-state index contributed by atoms with van der Waals surface area (Å²) < 4.78 is 0. The van der Waals surface area contributed by atoms with Gasteiger partial charge in [-0.05, 0) is 23.6 Å². The van der Waals surface area contributed by atoms with Gasteiger partial charge in [0.25, 0.3) is 0 Å². The molecule has 0 aliphatic heterocycles. The van der Waals surface area contributed by atoms with E-state index in [2.05, 4.69) is 36.5 Å². The lowest BCUT2D eigenvalue weighted by molar-refractivity contribution is 0.315. The Labute approximate surface area is 103 Å². The molecule has 17 heavy (non-hydrogen) atoms. The van der Waals surface area contributed by atoms with Crippen molar-refractivity contribution in [1.29, 1.82) is 0 Å². The highest BCUT2D eigenvalue weighted by Gasteiger charge is 2.07. The minimum Gasteiger partial charge on any atom is -0.409 e. The molecule has 4 heteroatoms. The second kappa shape index (κ2) is 6.13. The first-order chi connectivity index (χ1) is 8.04. The standard InChI is InChI=1S/C13H21N3O/c1-9(2)11-5-4-6-12(7-11)15-8-10(3)13(14)16-17/h4-7,9-10,15,17H,8H2,1-3H3,(H2,14,16). The Hall–Kier alpha value is -1.71. The molecule has 1 unspecified atom stereocenters. The molecule has 0 amide bonds. The number of amidine groups is 1. The summed E-state index contributed by atoms with van der Waals surface area (Å²) in [4.78, 5) is 0. The van der Waals surface area contributed by atoms with Gasteiger partial charge in [0.15, 0.2) is 0 Å². The van der Waals surface area contributed by atoms with Crippen LogP contribution in [0.5, 0.6) is 0 Å². The maximum absolute atomic E-state index is 8.55. The zero-order valence-electron chi connectivity index (χ0n) is 10.6. The van der Waals surface area contributed by atoms with E-state index in [1.165, 1.54) is 5.56 Å². The van der Waals surface area contributed by atoms with Crippen LogP contribution in [0.2, 0.25) is 0 Å². The number of rotatable bonds is 5. The molecule has 0 saturated heterocycles. The van der Waals surface area contributed by atoms with Crippen molar-refractivity contribution in [2.75, 3.05) is 11.9 Å². The number of nitrogens with one attached hydrogen (secondary N) is 1. The SMILES string of the molecule is CC(CNc1cccc(C(C)C)c1)C(N)=NO. The average Bonchev–Trinajstić information content (AvgIpc) is 2.35. The molecule has 1 rings (SSSR count). The van der Waals surface area contributed by atoms with Gasteiger partial charge in [0, 0.05) is 18.2 Å². The zero-order chi connectivity index (χ0) is 12.8. The van der Waals surface area contributed by atoms with Crippen molar-refractivity contribution >= 4 is 11.5 Å². The summed E-state index contributed by atoms with van der Waals surface area (Å²) in [5, 5.41) is 14.8. The summed E-state index contributed by atoms with van der Waals surface area (Å²) in [6, 6.07) is 8.29. The van der Waals surface area contributed by atoms with Crippen molar-refractivity contribution in [3.05, 3.63) is 29.8 Å². The maximum Gasteiger partial charge on any atom is 0.143 e. The molecular weight excluding hydrogens is 214 g/mol. The van der Waals surface area contributed by atoms with E-state index >= 15 is 0 Å². The Morgan fingerprint density at radius 2 is 2.12 bits per heavy atom. The third-order valence-corrected chi connectivity index (χ3v) is 2.79. The van der Waals surface area contributed by atoms with Crippen LogP contribution in [0.4, 0.5) is 5.69 Å². The summed E-state index contributed by atoms with van der Waals surface area (Å²) >= 11 is 0. The fourth-order valence-electron chi connectivity index (χ4n) is 1.48. The molecule has 0 bridgehead atoms. The molecule has 0 aliphatic rings. The first kappa shape index (κ1) is 13.4.